The Bertz CT molecular complexity index is 679. The fourth-order valence-corrected chi connectivity index (χ4v) is 3.01. The van der Waals surface area contributed by atoms with E-state index in [1.54, 1.807) is 54.5 Å². The summed E-state index contributed by atoms with van der Waals surface area (Å²) in [5, 5.41) is 4.62. The summed E-state index contributed by atoms with van der Waals surface area (Å²) in [6, 6.07) is 8.82. The van der Waals surface area contributed by atoms with E-state index in [9.17, 15) is 9.59 Å². The van der Waals surface area contributed by atoms with Gasteiger partial charge in [-0.1, -0.05) is 0 Å². The van der Waals surface area contributed by atoms with Gasteiger partial charge in [-0.2, -0.15) is 0 Å². The predicted octanol–water partition coefficient (Wildman–Crippen LogP) is 3.90. The lowest BCUT2D eigenvalue weighted by atomic mass is 10.1. The fourth-order valence-electron chi connectivity index (χ4n) is 2.05. The van der Waals surface area contributed by atoms with Gasteiger partial charge in [-0.05, 0) is 55.1 Å². The van der Waals surface area contributed by atoms with Gasteiger partial charge in [0.15, 0.2) is 0 Å². The number of anilines is 1. The molecule has 0 aliphatic rings. The first-order valence-corrected chi connectivity index (χ1v) is 8.21. The highest BCUT2D eigenvalue weighted by atomic mass is 32.1. The summed E-state index contributed by atoms with van der Waals surface area (Å²) in [5.74, 6) is -0.0551. The van der Waals surface area contributed by atoms with Crippen LogP contribution in [0.1, 0.15) is 27.7 Å². The lowest BCUT2D eigenvalue weighted by Crippen LogP contribution is -2.26. The van der Waals surface area contributed by atoms with Crippen molar-refractivity contribution in [1.29, 1.82) is 0 Å². The molecule has 0 aliphatic carbocycles. The van der Waals surface area contributed by atoms with E-state index in [4.69, 9.17) is 4.74 Å². The lowest BCUT2D eigenvalue weighted by Gasteiger charge is -2.17. The molecule has 0 atom stereocenters. The van der Waals surface area contributed by atoms with Crippen LogP contribution in [-0.2, 0) is 11.3 Å². The molecule has 23 heavy (non-hydrogen) atoms. The number of hydrogen-bond acceptors (Lipinski definition) is 4. The number of carbonyl (C=O) groups excluding carboxylic acids is 2. The molecule has 1 heterocycles. The van der Waals surface area contributed by atoms with E-state index >= 15 is 0 Å². The molecule has 0 saturated heterocycles. The van der Waals surface area contributed by atoms with Gasteiger partial charge in [-0.3, -0.25) is 10.1 Å². The number of nitrogens with zero attached hydrogens (tertiary/aromatic N) is 1. The second kappa shape index (κ2) is 7.78. The molecule has 6 heteroatoms. The first kappa shape index (κ1) is 17.0. The lowest BCUT2D eigenvalue weighted by molar-refractivity contribution is 0.0786. The SMILES string of the molecule is CCOC(=O)Nc1ccc(C(=O)N(C)Cc2sccc2C)cc1. The molecule has 0 bridgehead atoms. The van der Waals surface area contributed by atoms with Gasteiger partial charge in [0.05, 0.1) is 13.2 Å². The highest BCUT2D eigenvalue weighted by molar-refractivity contribution is 7.10. The summed E-state index contributed by atoms with van der Waals surface area (Å²) in [7, 11) is 1.78. The summed E-state index contributed by atoms with van der Waals surface area (Å²) in [5.41, 5.74) is 2.37. The molecular weight excluding hydrogens is 312 g/mol. The number of nitrogens with one attached hydrogen (secondary N) is 1. The molecule has 2 amide bonds. The van der Waals surface area contributed by atoms with Crippen LogP contribution >= 0.6 is 11.3 Å². The zero-order valence-electron chi connectivity index (χ0n) is 13.5. The number of aryl methyl sites for hydroxylation is 1. The summed E-state index contributed by atoms with van der Waals surface area (Å²) >= 11 is 1.65. The third kappa shape index (κ3) is 4.56. The van der Waals surface area contributed by atoms with Crippen molar-refractivity contribution in [3.63, 3.8) is 0 Å². The van der Waals surface area contributed by atoms with E-state index in [0.717, 1.165) is 0 Å². The molecule has 1 aromatic heterocycles. The van der Waals surface area contributed by atoms with Crippen LogP contribution in [-0.4, -0.2) is 30.6 Å². The standard InChI is InChI=1S/C17H20N2O3S/c1-4-22-17(21)18-14-7-5-13(6-8-14)16(20)19(3)11-15-12(2)9-10-23-15/h5-10H,4,11H2,1-3H3,(H,18,21). The normalized spacial score (nSPS) is 10.2. The van der Waals surface area contributed by atoms with Crippen molar-refractivity contribution in [1.82, 2.24) is 4.90 Å². The Labute approximate surface area is 139 Å². The Kier molecular flexibility index (Phi) is 5.76. The van der Waals surface area contributed by atoms with E-state index in [1.807, 2.05) is 18.4 Å². The van der Waals surface area contributed by atoms with Gasteiger partial charge in [-0.25, -0.2) is 4.79 Å². The van der Waals surface area contributed by atoms with Crippen LogP contribution in [0.25, 0.3) is 0 Å². The zero-order valence-corrected chi connectivity index (χ0v) is 14.3. The third-order valence-electron chi connectivity index (χ3n) is 3.35. The Morgan fingerprint density at radius 1 is 1.22 bits per heavy atom. The molecule has 2 aromatic rings. The predicted molar refractivity (Wildman–Crippen MR) is 91.9 cm³/mol. The number of amides is 2. The minimum atomic E-state index is -0.503. The minimum Gasteiger partial charge on any atom is -0.450 e. The van der Waals surface area contributed by atoms with Crippen molar-refractivity contribution >= 4 is 29.0 Å². The van der Waals surface area contributed by atoms with E-state index in [-0.39, 0.29) is 5.91 Å². The van der Waals surface area contributed by atoms with Crippen molar-refractivity contribution in [3.05, 3.63) is 51.7 Å². The fraction of sp³-hybridized carbons (Fsp3) is 0.294. The van der Waals surface area contributed by atoms with Gasteiger partial charge >= 0.3 is 6.09 Å². The molecule has 0 fully saturated rings. The molecule has 0 saturated carbocycles. The maximum atomic E-state index is 12.4. The Hall–Kier alpha value is -2.34. The minimum absolute atomic E-state index is 0.0551. The molecule has 5 nitrogen and oxygen atoms in total. The number of benzene rings is 1. The van der Waals surface area contributed by atoms with Crippen LogP contribution in [0.2, 0.25) is 0 Å². The van der Waals surface area contributed by atoms with Gasteiger partial charge in [0.2, 0.25) is 0 Å². The molecule has 0 unspecified atom stereocenters. The van der Waals surface area contributed by atoms with Crippen LogP contribution in [0.15, 0.2) is 35.7 Å². The van der Waals surface area contributed by atoms with E-state index < -0.39 is 6.09 Å². The maximum absolute atomic E-state index is 12.4. The van der Waals surface area contributed by atoms with Gasteiger partial charge in [-0.15, -0.1) is 11.3 Å². The smallest absolute Gasteiger partial charge is 0.411 e. The monoisotopic (exact) mass is 332 g/mol. The number of thiophene rings is 1. The molecule has 1 N–H and O–H groups in total. The summed E-state index contributed by atoms with van der Waals surface area (Å²) in [6.45, 7) is 4.69. The first-order valence-electron chi connectivity index (χ1n) is 7.33. The second-order valence-corrected chi connectivity index (χ2v) is 6.11. The first-order chi connectivity index (χ1) is 11.0. The Morgan fingerprint density at radius 3 is 2.48 bits per heavy atom. The highest BCUT2D eigenvalue weighted by Gasteiger charge is 2.14. The Balaban J connectivity index is 1.99. The van der Waals surface area contributed by atoms with Crippen LogP contribution in [0, 0.1) is 6.92 Å². The summed E-state index contributed by atoms with van der Waals surface area (Å²) < 4.78 is 4.81. The molecule has 2 rings (SSSR count). The average molecular weight is 332 g/mol. The average Bonchev–Trinajstić information content (AvgIpc) is 2.92. The topological polar surface area (TPSA) is 58.6 Å². The number of ether oxygens (including phenoxy) is 1. The van der Waals surface area contributed by atoms with Crippen molar-refractivity contribution < 1.29 is 14.3 Å². The Morgan fingerprint density at radius 2 is 1.91 bits per heavy atom. The quantitative estimate of drug-likeness (QED) is 0.903. The van der Waals surface area contributed by atoms with Gasteiger partial charge in [0.1, 0.15) is 0 Å². The molecule has 122 valence electrons. The maximum Gasteiger partial charge on any atom is 0.411 e. The van der Waals surface area contributed by atoms with Gasteiger partial charge < -0.3 is 9.64 Å². The van der Waals surface area contributed by atoms with Crippen LogP contribution in [0.5, 0.6) is 0 Å². The molecule has 0 radical (unpaired) electrons. The molecular formula is C17H20N2O3S. The zero-order chi connectivity index (χ0) is 16.8. The van der Waals surface area contributed by atoms with E-state index in [0.29, 0.717) is 24.4 Å². The highest BCUT2D eigenvalue weighted by Crippen LogP contribution is 2.19. The molecule has 1 aromatic carbocycles. The van der Waals surface area contributed by atoms with Crippen molar-refractivity contribution in [2.24, 2.45) is 0 Å². The van der Waals surface area contributed by atoms with E-state index in [2.05, 4.69) is 5.32 Å². The van der Waals surface area contributed by atoms with E-state index in [1.165, 1.54) is 10.4 Å². The van der Waals surface area contributed by atoms with Crippen molar-refractivity contribution in [2.45, 2.75) is 20.4 Å². The largest absolute Gasteiger partial charge is 0.450 e. The van der Waals surface area contributed by atoms with Crippen LogP contribution in [0.4, 0.5) is 10.5 Å². The second-order valence-electron chi connectivity index (χ2n) is 5.11. The van der Waals surface area contributed by atoms with Crippen molar-refractivity contribution in [3.8, 4) is 0 Å². The molecule has 0 spiro atoms. The number of rotatable bonds is 5. The van der Waals surface area contributed by atoms with Gasteiger partial charge in [0, 0.05) is 23.2 Å². The summed E-state index contributed by atoms with van der Waals surface area (Å²) in [4.78, 5) is 26.6. The van der Waals surface area contributed by atoms with Crippen LogP contribution in [0.3, 0.4) is 0 Å². The number of hydrogen-bond donors (Lipinski definition) is 1. The summed E-state index contributed by atoms with van der Waals surface area (Å²) in [6.07, 6.45) is -0.503. The van der Waals surface area contributed by atoms with Crippen LogP contribution < -0.4 is 5.32 Å². The molecule has 0 aliphatic heterocycles. The van der Waals surface area contributed by atoms with Crippen molar-refractivity contribution in [2.75, 3.05) is 19.0 Å². The third-order valence-corrected chi connectivity index (χ3v) is 4.36. The number of carbonyl (C=O) groups is 2. The van der Waals surface area contributed by atoms with Gasteiger partial charge in [0.25, 0.3) is 5.91 Å².